The Labute approximate surface area is 305 Å². The molecule has 0 bridgehead atoms. The van der Waals surface area contributed by atoms with E-state index in [2.05, 4.69) is 39.7 Å². The predicted octanol–water partition coefficient (Wildman–Crippen LogP) is 3.85. The summed E-state index contributed by atoms with van der Waals surface area (Å²) in [5, 5.41) is 24.5. The van der Waals surface area contributed by atoms with E-state index in [9.17, 15) is 32.3 Å². The van der Waals surface area contributed by atoms with Crippen LogP contribution in [0.5, 0.6) is 0 Å². The van der Waals surface area contributed by atoms with Gasteiger partial charge in [0.25, 0.3) is 11.8 Å². The normalized spacial score (nSPS) is 16.4. The van der Waals surface area contributed by atoms with Gasteiger partial charge in [0.15, 0.2) is 23.2 Å². The van der Waals surface area contributed by atoms with E-state index in [0.717, 1.165) is 52.1 Å². The summed E-state index contributed by atoms with van der Waals surface area (Å²) in [6.07, 6.45) is -2.47. The Balaban J connectivity index is 1.11. The zero-order valence-electron chi connectivity index (χ0n) is 28.9. The molecule has 2 aliphatic heterocycles. The number of benzene rings is 1. The first-order valence-corrected chi connectivity index (χ1v) is 16.9. The molecule has 0 spiro atoms. The highest BCUT2D eigenvalue weighted by atomic mass is 35.5. The molecule has 6 rings (SSSR count). The van der Waals surface area contributed by atoms with Gasteiger partial charge >= 0.3 is 12.3 Å². The van der Waals surface area contributed by atoms with Gasteiger partial charge in [-0.15, -0.1) is 10.2 Å². The third-order valence-corrected chi connectivity index (χ3v) is 9.73. The molecule has 0 aliphatic carbocycles. The van der Waals surface area contributed by atoms with Crippen LogP contribution in [0.1, 0.15) is 39.5 Å². The molecule has 3 aromatic heterocycles. The van der Waals surface area contributed by atoms with Crippen LogP contribution in [0.25, 0.3) is 17.1 Å². The quantitative estimate of drug-likeness (QED) is 0.236. The second kappa shape index (κ2) is 14.5. The molecule has 5 heterocycles. The first-order chi connectivity index (χ1) is 25.0. The number of carbonyl (C=O) groups is 4. The van der Waals surface area contributed by atoms with Crippen LogP contribution >= 0.6 is 11.6 Å². The smallest absolute Gasteiger partial charge is 0.435 e. The van der Waals surface area contributed by atoms with E-state index in [1.54, 1.807) is 4.90 Å². The summed E-state index contributed by atoms with van der Waals surface area (Å²) in [6.45, 7) is 3.47. The summed E-state index contributed by atoms with van der Waals surface area (Å²) < 4.78 is 45.2. The molecule has 2 fully saturated rings. The molecule has 1 aromatic carbocycles. The number of nitrogens with zero attached hydrogens (tertiary/aromatic N) is 9. The summed E-state index contributed by atoms with van der Waals surface area (Å²) in [7, 11) is 5.69. The molecule has 53 heavy (non-hydrogen) atoms. The number of quaternary nitrogens is 1. The maximum absolute atomic E-state index is 14.1. The van der Waals surface area contributed by atoms with Gasteiger partial charge in [-0.3, -0.25) is 19.7 Å². The minimum atomic E-state index is -4.90. The first-order valence-electron chi connectivity index (χ1n) is 16.5. The van der Waals surface area contributed by atoms with Crippen molar-refractivity contribution in [3.63, 3.8) is 0 Å². The number of carboxylic acid groups (broad SMARTS) is 1. The van der Waals surface area contributed by atoms with Gasteiger partial charge in [0.05, 0.1) is 55.2 Å². The van der Waals surface area contributed by atoms with Gasteiger partial charge in [-0.2, -0.15) is 18.3 Å². The number of alkyl halides is 3. The number of piperazine rings is 1. The Morgan fingerprint density at radius 1 is 0.962 bits per heavy atom. The summed E-state index contributed by atoms with van der Waals surface area (Å²) in [5.74, 6) is -1.44. The van der Waals surface area contributed by atoms with Crippen molar-refractivity contribution in [2.24, 2.45) is 13.0 Å². The number of halogens is 4. The van der Waals surface area contributed by atoms with Crippen LogP contribution in [-0.4, -0.2) is 126 Å². The molecule has 3 N–H and O–H groups in total. The van der Waals surface area contributed by atoms with Crippen molar-refractivity contribution in [1.29, 1.82) is 0 Å². The van der Waals surface area contributed by atoms with Gasteiger partial charge in [-0.1, -0.05) is 11.6 Å². The van der Waals surface area contributed by atoms with Crippen molar-refractivity contribution in [3.8, 4) is 17.1 Å². The lowest BCUT2D eigenvalue weighted by atomic mass is 9.94. The zero-order valence-corrected chi connectivity index (χ0v) is 29.6. The third-order valence-electron chi connectivity index (χ3n) is 9.42. The fourth-order valence-electron chi connectivity index (χ4n) is 6.41. The largest absolute Gasteiger partial charge is 0.465 e. The van der Waals surface area contributed by atoms with Crippen LogP contribution in [0.2, 0.25) is 5.02 Å². The van der Waals surface area contributed by atoms with Gasteiger partial charge in [0.1, 0.15) is 0 Å². The van der Waals surface area contributed by atoms with Crippen LogP contribution in [0.4, 0.5) is 29.5 Å². The minimum absolute atomic E-state index is 0.00527. The highest BCUT2D eigenvalue weighted by Crippen LogP contribution is 2.37. The molecule has 0 radical (unpaired) electrons. The van der Waals surface area contributed by atoms with Crippen LogP contribution < -0.4 is 10.6 Å². The number of hydrogen-bond acceptors (Lipinski definition) is 8. The molecule has 0 unspecified atom stereocenters. The highest BCUT2D eigenvalue weighted by Gasteiger charge is 2.39. The van der Waals surface area contributed by atoms with Crippen molar-refractivity contribution in [3.05, 3.63) is 64.8 Å². The molecular weight excluding hydrogens is 723 g/mol. The molecule has 20 heteroatoms. The van der Waals surface area contributed by atoms with Crippen molar-refractivity contribution < 1.29 is 41.9 Å². The Morgan fingerprint density at radius 2 is 1.64 bits per heavy atom. The molecule has 280 valence electrons. The topological polar surface area (TPSA) is 180 Å². The molecule has 2 saturated heterocycles. The first kappa shape index (κ1) is 37.2. The maximum atomic E-state index is 14.1. The molecule has 0 saturated carbocycles. The number of imidazole rings is 1. The number of nitrogens with one attached hydrogen (secondary N) is 2. The van der Waals surface area contributed by atoms with E-state index in [-0.39, 0.29) is 57.2 Å². The van der Waals surface area contributed by atoms with Gasteiger partial charge in [-0.25, -0.2) is 14.5 Å². The van der Waals surface area contributed by atoms with Gasteiger partial charge in [0.2, 0.25) is 5.91 Å². The summed E-state index contributed by atoms with van der Waals surface area (Å²) >= 11 is 6.50. The van der Waals surface area contributed by atoms with Gasteiger partial charge in [-0.05, 0) is 30.3 Å². The molecule has 4 aromatic rings. The number of likely N-dealkylation sites (tertiary alicyclic amines) is 1. The zero-order chi connectivity index (χ0) is 38.2. The van der Waals surface area contributed by atoms with E-state index in [4.69, 9.17) is 16.7 Å². The number of piperidine rings is 1. The van der Waals surface area contributed by atoms with E-state index < -0.39 is 29.4 Å². The predicted molar refractivity (Wildman–Crippen MR) is 184 cm³/mol. The van der Waals surface area contributed by atoms with Crippen molar-refractivity contribution in [1.82, 2.24) is 39.3 Å². The number of aromatic nitrogens is 6. The molecular formula is C33H36ClF3N11O5+. The average molecular weight is 759 g/mol. The number of anilines is 2. The Bertz CT molecular complexity index is 2050. The van der Waals surface area contributed by atoms with Crippen LogP contribution in [-0.2, 0) is 18.0 Å². The number of hydrogen-bond donors (Lipinski definition) is 3. The van der Waals surface area contributed by atoms with Gasteiger partial charge < -0.3 is 29.3 Å². The van der Waals surface area contributed by atoms with E-state index in [0.29, 0.717) is 26.2 Å². The van der Waals surface area contributed by atoms with E-state index in [1.165, 1.54) is 37.4 Å². The monoisotopic (exact) mass is 758 g/mol. The third kappa shape index (κ3) is 8.10. The highest BCUT2D eigenvalue weighted by molar-refractivity contribution is 6.34. The fraction of sp³-hybridized carbons (Fsp3) is 0.394. The lowest BCUT2D eigenvalue weighted by Gasteiger charge is -2.40. The lowest BCUT2D eigenvalue weighted by Crippen LogP contribution is -2.54. The standard InChI is InChI=1S/C33H35ClF3N11O5/c1-44-24(22-18-47(43-27(22)33(35,36)37)26-7-6-25(41-42-26)40-32(52)53)17-38-28(44)29(49)39-20-4-5-21(23(34)16-20)31(51)46-12-10-45(11-13-46)30(50)19-8-14-48(2,3)15-9-19/h4-7,16-19H,8-15H2,1-3H3,(H2-,39,40,41,49,51,52,53)/p+1. The number of rotatable bonds is 7. The number of carbonyl (C=O) groups excluding carboxylic acids is 3. The van der Waals surface area contributed by atoms with E-state index in [1.807, 2.05) is 10.2 Å². The second-order valence-corrected chi connectivity index (χ2v) is 13.9. The Kier molecular flexibility index (Phi) is 10.1. The molecule has 2 aliphatic rings. The molecule has 4 amide bonds. The van der Waals surface area contributed by atoms with Gasteiger partial charge in [0, 0.05) is 63.9 Å². The second-order valence-electron chi connectivity index (χ2n) is 13.5. The average Bonchev–Trinajstić information content (AvgIpc) is 3.72. The van der Waals surface area contributed by atoms with Crippen molar-refractivity contribution in [2.75, 3.05) is 64.0 Å². The summed E-state index contributed by atoms with van der Waals surface area (Å²) in [6, 6.07) is 6.77. The van der Waals surface area contributed by atoms with Crippen LogP contribution in [0, 0.1) is 5.92 Å². The van der Waals surface area contributed by atoms with Crippen molar-refractivity contribution >= 4 is 46.9 Å². The van der Waals surface area contributed by atoms with Crippen LogP contribution in [0.15, 0.2) is 42.7 Å². The Morgan fingerprint density at radius 3 is 2.25 bits per heavy atom. The summed E-state index contributed by atoms with van der Waals surface area (Å²) in [5.41, 5.74) is -1.35. The van der Waals surface area contributed by atoms with Crippen LogP contribution in [0.3, 0.4) is 0 Å². The van der Waals surface area contributed by atoms with E-state index >= 15 is 0 Å². The lowest BCUT2D eigenvalue weighted by molar-refractivity contribution is -0.895. The minimum Gasteiger partial charge on any atom is -0.465 e. The molecule has 0 atom stereocenters. The fourth-order valence-corrected chi connectivity index (χ4v) is 6.67. The molecule has 16 nitrogen and oxygen atoms in total. The van der Waals surface area contributed by atoms with Crippen molar-refractivity contribution in [2.45, 2.75) is 19.0 Å². The Hall–Kier alpha value is -5.56. The summed E-state index contributed by atoms with van der Waals surface area (Å²) in [4.78, 5) is 58.1. The SMILES string of the molecule is Cn1c(-c2cn(-c3ccc(NC(=O)O)nn3)nc2C(F)(F)F)cnc1C(=O)Nc1ccc(C(=O)N2CCN(C(=O)C3CC[N+](C)(C)CC3)CC2)c(Cl)c1. The number of amides is 4. The maximum Gasteiger partial charge on any atom is 0.435 e.